The third-order valence-electron chi connectivity index (χ3n) is 3.34. The predicted molar refractivity (Wildman–Crippen MR) is 89.8 cm³/mol. The van der Waals surface area contributed by atoms with Crippen LogP contribution in [0.3, 0.4) is 0 Å². The van der Waals surface area contributed by atoms with Crippen LogP contribution >= 0.6 is 27.3 Å². The van der Waals surface area contributed by atoms with Gasteiger partial charge in [-0.1, -0.05) is 20.8 Å². The molecule has 0 spiro atoms. The number of hydrogen-bond donors (Lipinski definition) is 1. The first-order valence-corrected chi connectivity index (χ1v) is 8.77. The van der Waals surface area contributed by atoms with Crippen LogP contribution in [0.25, 0.3) is 0 Å². The van der Waals surface area contributed by atoms with E-state index in [9.17, 15) is 5.11 Å². The number of hydrogen-bond acceptors (Lipinski definition) is 4. The van der Waals surface area contributed by atoms with Gasteiger partial charge in [0.1, 0.15) is 6.10 Å². The van der Waals surface area contributed by atoms with Gasteiger partial charge in [-0.25, -0.2) is 4.98 Å². The number of nitrogens with zero attached hydrogens (tertiary/aromatic N) is 3. The average Bonchev–Trinajstić information content (AvgIpc) is 2.98. The van der Waals surface area contributed by atoms with Crippen molar-refractivity contribution in [3.63, 3.8) is 0 Å². The molecule has 0 aliphatic heterocycles. The molecule has 0 aliphatic carbocycles. The Morgan fingerprint density at radius 2 is 2.10 bits per heavy atom. The van der Waals surface area contributed by atoms with Crippen molar-refractivity contribution in [1.82, 2.24) is 14.8 Å². The Morgan fingerprint density at radius 3 is 2.62 bits per heavy atom. The minimum absolute atomic E-state index is 0.0188. The molecule has 0 aliphatic rings. The number of thiazole rings is 1. The van der Waals surface area contributed by atoms with Crippen LogP contribution in [-0.2, 0) is 18.4 Å². The topological polar surface area (TPSA) is 50.9 Å². The van der Waals surface area contributed by atoms with Gasteiger partial charge in [-0.15, -0.1) is 11.3 Å². The molecule has 0 amide bonds. The maximum Gasteiger partial charge on any atom is 0.102 e. The van der Waals surface area contributed by atoms with Gasteiger partial charge in [-0.3, -0.25) is 4.68 Å². The lowest BCUT2D eigenvalue weighted by Crippen LogP contribution is -2.12. The molecular weight excluding hydrogens is 350 g/mol. The molecule has 4 nitrogen and oxygen atoms in total. The molecule has 2 heterocycles. The van der Waals surface area contributed by atoms with Gasteiger partial charge in [-0.2, -0.15) is 5.10 Å². The summed E-state index contributed by atoms with van der Waals surface area (Å²) in [5.74, 6) is 0. The van der Waals surface area contributed by atoms with Gasteiger partial charge in [0.05, 0.1) is 26.6 Å². The highest BCUT2D eigenvalue weighted by Crippen LogP contribution is 2.30. The quantitative estimate of drug-likeness (QED) is 0.883. The molecular formula is C15H22BrN3OS. The van der Waals surface area contributed by atoms with Crippen LogP contribution in [0.1, 0.15) is 55.9 Å². The summed E-state index contributed by atoms with van der Waals surface area (Å²) in [6, 6.07) is 0. The Hall–Kier alpha value is -0.720. The summed E-state index contributed by atoms with van der Waals surface area (Å²) in [6.45, 7) is 11.2. The molecule has 6 heteroatoms. The van der Waals surface area contributed by atoms with E-state index < -0.39 is 6.10 Å². The summed E-state index contributed by atoms with van der Waals surface area (Å²) in [7, 11) is 0. The van der Waals surface area contributed by atoms with Crippen molar-refractivity contribution >= 4 is 27.3 Å². The van der Waals surface area contributed by atoms with Crippen LogP contribution in [-0.4, -0.2) is 19.9 Å². The highest BCUT2D eigenvalue weighted by molar-refractivity contribution is 9.10. The van der Waals surface area contributed by atoms with Crippen molar-refractivity contribution in [1.29, 1.82) is 0 Å². The van der Waals surface area contributed by atoms with Crippen molar-refractivity contribution in [2.75, 3.05) is 0 Å². The normalized spacial score (nSPS) is 13.7. The van der Waals surface area contributed by atoms with Crippen molar-refractivity contribution in [2.24, 2.45) is 0 Å². The van der Waals surface area contributed by atoms with E-state index in [-0.39, 0.29) is 5.41 Å². The van der Waals surface area contributed by atoms with E-state index >= 15 is 0 Å². The lowest BCUT2D eigenvalue weighted by atomic mass is 9.98. The maximum absolute atomic E-state index is 10.5. The average molecular weight is 372 g/mol. The highest BCUT2D eigenvalue weighted by atomic mass is 79.9. The fourth-order valence-corrected chi connectivity index (χ4v) is 3.54. The van der Waals surface area contributed by atoms with Crippen LogP contribution in [0.5, 0.6) is 0 Å². The van der Waals surface area contributed by atoms with E-state index in [0.717, 1.165) is 33.1 Å². The second kappa shape index (κ2) is 6.18. The second-order valence-corrected chi connectivity index (χ2v) is 7.86. The van der Waals surface area contributed by atoms with Crippen molar-refractivity contribution < 1.29 is 5.11 Å². The molecule has 21 heavy (non-hydrogen) atoms. The maximum atomic E-state index is 10.5. The van der Waals surface area contributed by atoms with E-state index in [1.54, 1.807) is 11.3 Å². The number of aryl methyl sites for hydroxylation is 2. The predicted octanol–water partition coefficient (Wildman–Crippen LogP) is 4.00. The number of halogens is 1. The first-order valence-electron chi connectivity index (χ1n) is 7.09. The van der Waals surface area contributed by atoms with Crippen molar-refractivity contribution in [3.05, 3.63) is 31.9 Å². The van der Waals surface area contributed by atoms with Gasteiger partial charge < -0.3 is 5.11 Å². The summed E-state index contributed by atoms with van der Waals surface area (Å²) in [4.78, 5) is 4.59. The van der Waals surface area contributed by atoms with Crippen LogP contribution in [0.4, 0.5) is 0 Å². The van der Waals surface area contributed by atoms with Gasteiger partial charge >= 0.3 is 0 Å². The SMILES string of the molecule is CCn1nc(C)c(Br)c1CC(O)c1csc(C(C)(C)C)n1. The first kappa shape index (κ1) is 16.6. The largest absolute Gasteiger partial charge is 0.386 e. The Balaban J connectivity index is 2.22. The molecule has 0 radical (unpaired) electrons. The smallest absolute Gasteiger partial charge is 0.102 e. The lowest BCUT2D eigenvalue weighted by Gasteiger charge is -2.14. The molecule has 0 saturated heterocycles. The monoisotopic (exact) mass is 371 g/mol. The molecule has 2 aromatic rings. The molecule has 0 saturated carbocycles. The first-order chi connectivity index (χ1) is 9.74. The third-order valence-corrected chi connectivity index (χ3v) is 5.66. The Labute approximate surface area is 138 Å². The summed E-state index contributed by atoms with van der Waals surface area (Å²) in [5, 5.41) is 18.0. The number of aliphatic hydroxyl groups is 1. The van der Waals surface area contributed by atoms with Crippen LogP contribution < -0.4 is 0 Å². The zero-order valence-electron chi connectivity index (χ0n) is 13.1. The van der Waals surface area contributed by atoms with E-state index in [1.165, 1.54) is 0 Å². The zero-order chi connectivity index (χ0) is 15.8. The highest BCUT2D eigenvalue weighted by Gasteiger charge is 2.22. The van der Waals surface area contributed by atoms with Crippen LogP contribution in [0.2, 0.25) is 0 Å². The van der Waals surface area contributed by atoms with Crippen molar-refractivity contribution in [3.8, 4) is 0 Å². The lowest BCUT2D eigenvalue weighted by molar-refractivity contribution is 0.170. The minimum atomic E-state index is -0.602. The number of aliphatic hydroxyl groups excluding tert-OH is 1. The molecule has 1 N–H and O–H groups in total. The van der Waals surface area contributed by atoms with Crippen LogP contribution in [0.15, 0.2) is 9.85 Å². The standard InChI is InChI=1S/C15H22BrN3OS/c1-6-19-11(13(16)9(2)18-19)7-12(20)10-8-21-14(17-10)15(3,4)5/h8,12,20H,6-7H2,1-5H3. The van der Waals surface area contributed by atoms with E-state index in [2.05, 4.69) is 53.7 Å². The molecule has 2 aromatic heterocycles. The minimum Gasteiger partial charge on any atom is -0.386 e. The molecule has 0 fully saturated rings. The van der Waals surface area contributed by atoms with Crippen LogP contribution in [0, 0.1) is 6.92 Å². The number of aromatic nitrogens is 3. The third kappa shape index (κ3) is 3.55. The summed E-state index contributed by atoms with van der Waals surface area (Å²) >= 11 is 5.18. The molecule has 116 valence electrons. The van der Waals surface area contributed by atoms with E-state index in [1.807, 2.05) is 17.0 Å². The number of rotatable bonds is 4. The molecule has 1 unspecified atom stereocenters. The molecule has 1 atom stereocenters. The van der Waals surface area contributed by atoms with Gasteiger partial charge in [0.25, 0.3) is 0 Å². The molecule has 0 aromatic carbocycles. The van der Waals surface area contributed by atoms with Gasteiger partial charge in [0, 0.05) is 23.8 Å². The van der Waals surface area contributed by atoms with E-state index in [4.69, 9.17) is 0 Å². The van der Waals surface area contributed by atoms with Crippen molar-refractivity contribution in [2.45, 2.75) is 59.1 Å². The fourth-order valence-electron chi connectivity index (χ4n) is 2.14. The van der Waals surface area contributed by atoms with E-state index in [0.29, 0.717) is 6.42 Å². The molecule has 0 bridgehead atoms. The summed E-state index contributed by atoms with van der Waals surface area (Å²) < 4.78 is 2.91. The fraction of sp³-hybridized carbons (Fsp3) is 0.600. The van der Waals surface area contributed by atoms with Gasteiger partial charge in [0.2, 0.25) is 0 Å². The van der Waals surface area contributed by atoms with Gasteiger partial charge in [0.15, 0.2) is 0 Å². The molecule has 2 rings (SSSR count). The zero-order valence-corrected chi connectivity index (χ0v) is 15.5. The van der Waals surface area contributed by atoms with Gasteiger partial charge in [-0.05, 0) is 29.8 Å². The Kier molecular flexibility index (Phi) is 4.90. The summed E-state index contributed by atoms with van der Waals surface area (Å²) in [6.07, 6.45) is -0.0854. The Bertz CT molecular complexity index is 627. The second-order valence-electron chi connectivity index (χ2n) is 6.21. The Morgan fingerprint density at radius 1 is 1.43 bits per heavy atom. The summed E-state index contributed by atoms with van der Waals surface area (Å²) in [5.41, 5.74) is 2.74.